The molecule has 1 N–H and O–H groups in total. The smallest absolute Gasteiger partial charge is 0.184 e. The van der Waals surface area contributed by atoms with E-state index in [1.54, 1.807) is 0 Å². The Kier molecular flexibility index (Phi) is 4.36. The van der Waals surface area contributed by atoms with Gasteiger partial charge in [-0.2, -0.15) is 0 Å². The average molecular weight is 286 g/mol. The topological polar surface area (TPSA) is 29.5 Å². The van der Waals surface area contributed by atoms with Crippen molar-refractivity contribution in [2.75, 3.05) is 0 Å². The van der Waals surface area contributed by atoms with E-state index in [1.165, 1.54) is 18.2 Å². The highest BCUT2D eigenvalue weighted by Gasteiger charge is 2.17. The number of hydrogen-bond acceptors (Lipinski definition) is 2. The summed E-state index contributed by atoms with van der Waals surface area (Å²) in [5.41, 5.74) is -0.553. The molecule has 0 fully saturated rings. The van der Waals surface area contributed by atoms with E-state index >= 15 is 0 Å². The third-order valence-electron chi connectivity index (χ3n) is 2.68. The summed E-state index contributed by atoms with van der Waals surface area (Å²) in [5.74, 6) is -4.56. The molecular weight excluding hydrogens is 276 g/mol. The van der Waals surface area contributed by atoms with Crippen LogP contribution in [0.1, 0.15) is 17.4 Å². The van der Waals surface area contributed by atoms with Crippen LogP contribution in [-0.4, -0.2) is 5.11 Å². The van der Waals surface area contributed by atoms with Crippen LogP contribution in [-0.2, 0) is 11.3 Å². The highest BCUT2D eigenvalue weighted by atomic mass is 19.2. The normalized spacial score (nSPS) is 12.4. The highest BCUT2D eigenvalue weighted by Crippen LogP contribution is 2.22. The van der Waals surface area contributed by atoms with Gasteiger partial charge in [0.1, 0.15) is 0 Å². The molecule has 106 valence electrons. The van der Waals surface area contributed by atoms with E-state index in [4.69, 9.17) is 4.74 Å². The van der Waals surface area contributed by atoms with E-state index in [-0.39, 0.29) is 5.56 Å². The summed E-state index contributed by atoms with van der Waals surface area (Å²) < 4.78 is 57.4. The van der Waals surface area contributed by atoms with Crippen molar-refractivity contribution in [2.45, 2.75) is 12.9 Å². The van der Waals surface area contributed by atoms with Gasteiger partial charge in [0.05, 0.1) is 6.61 Å². The van der Waals surface area contributed by atoms with Crippen molar-refractivity contribution >= 4 is 0 Å². The maximum absolute atomic E-state index is 13.4. The maximum Gasteiger partial charge on any atom is 0.184 e. The van der Waals surface area contributed by atoms with E-state index in [9.17, 15) is 22.7 Å². The van der Waals surface area contributed by atoms with Crippen molar-refractivity contribution in [3.63, 3.8) is 0 Å². The summed E-state index contributed by atoms with van der Waals surface area (Å²) in [6.07, 6.45) is -1.78. The first kappa shape index (κ1) is 14.5. The first-order chi connectivity index (χ1) is 9.50. The second-order valence-electron chi connectivity index (χ2n) is 4.02. The fraction of sp³-hybridized carbons (Fsp3) is 0.143. The molecule has 1 atom stereocenters. The van der Waals surface area contributed by atoms with E-state index in [0.717, 1.165) is 18.2 Å². The predicted octanol–water partition coefficient (Wildman–Crippen LogP) is 3.45. The average Bonchev–Trinajstić information content (AvgIpc) is 2.43. The number of hydrogen-bond donors (Lipinski definition) is 1. The van der Waals surface area contributed by atoms with Crippen LogP contribution in [0.5, 0.6) is 0 Å². The molecule has 0 bridgehead atoms. The number of aliphatic hydroxyl groups excluding tert-OH is 1. The van der Waals surface area contributed by atoms with Gasteiger partial charge in [0.15, 0.2) is 29.6 Å². The van der Waals surface area contributed by atoms with Crippen molar-refractivity contribution in [2.24, 2.45) is 0 Å². The molecule has 0 radical (unpaired) electrons. The van der Waals surface area contributed by atoms with Crippen LogP contribution in [0, 0.1) is 23.3 Å². The van der Waals surface area contributed by atoms with Crippen molar-refractivity contribution in [1.82, 2.24) is 0 Å². The van der Waals surface area contributed by atoms with Crippen LogP contribution >= 0.6 is 0 Å². The Labute approximate surface area is 112 Å². The van der Waals surface area contributed by atoms with E-state index in [1.807, 2.05) is 0 Å². The minimum Gasteiger partial charge on any atom is -0.364 e. The van der Waals surface area contributed by atoms with E-state index in [0.29, 0.717) is 0 Å². The van der Waals surface area contributed by atoms with Crippen molar-refractivity contribution in [1.29, 1.82) is 0 Å². The van der Waals surface area contributed by atoms with Crippen LogP contribution in [0.15, 0.2) is 36.4 Å². The Hall–Kier alpha value is -1.92. The summed E-state index contributed by atoms with van der Waals surface area (Å²) in [4.78, 5) is 0. The molecule has 20 heavy (non-hydrogen) atoms. The molecule has 0 spiro atoms. The second kappa shape index (κ2) is 6.02. The van der Waals surface area contributed by atoms with Crippen LogP contribution in [0.4, 0.5) is 17.6 Å². The molecular formula is C14H10F4O2. The van der Waals surface area contributed by atoms with Crippen LogP contribution < -0.4 is 0 Å². The zero-order chi connectivity index (χ0) is 14.7. The molecule has 0 saturated heterocycles. The number of aliphatic hydroxyl groups is 1. The van der Waals surface area contributed by atoms with E-state index in [2.05, 4.69) is 0 Å². The minimum atomic E-state index is -1.78. The molecule has 0 saturated carbocycles. The Morgan fingerprint density at radius 3 is 2.20 bits per heavy atom. The number of rotatable bonds is 4. The zero-order valence-electron chi connectivity index (χ0n) is 10.1. The van der Waals surface area contributed by atoms with Gasteiger partial charge in [0.2, 0.25) is 0 Å². The lowest BCUT2D eigenvalue weighted by Gasteiger charge is -2.13. The summed E-state index contributed by atoms with van der Waals surface area (Å²) in [6.45, 7) is -0.485. The molecule has 1 unspecified atom stereocenters. The highest BCUT2D eigenvalue weighted by molar-refractivity contribution is 5.21. The van der Waals surface area contributed by atoms with Gasteiger partial charge in [-0.05, 0) is 12.1 Å². The lowest BCUT2D eigenvalue weighted by atomic mass is 10.2. The molecule has 2 nitrogen and oxygen atoms in total. The molecule has 2 aromatic rings. The Bertz CT molecular complexity index is 616. The maximum atomic E-state index is 13.4. The standard InChI is InChI=1S/C14H10F4O2/c15-10-5-1-3-8(12(10)17)7-20-14(19)9-4-2-6-11(16)13(9)18/h1-6,14,19H,7H2. The fourth-order valence-corrected chi connectivity index (χ4v) is 1.63. The van der Waals surface area contributed by atoms with Gasteiger partial charge >= 0.3 is 0 Å². The molecule has 2 aromatic carbocycles. The Morgan fingerprint density at radius 1 is 0.900 bits per heavy atom. The van der Waals surface area contributed by atoms with Gasteiger partial charge in [-0.25, -0.2) is 17.6 Å². The van der Waals surface area contributed by atoms with Gasteiger partial charge in [0, 0.05) is 11.1 Å². The van der Waals surface area contributed by atoms with Crippen molar-refractivity contribution < 1.29 is 27.4 Å². The van der Waals surface area contributed by atoms with Crippen LogP contribution in [0.3, 0.4) is 0 Å². The third-order valence-corrected chi connectivity index (χ3v) is 2.68. The summed E-state index contributed by atoms with van der Waals surface area (Å²) >= 11 is 0. The molecule has 0 heterocycles. The SMILES string of the molecule is OC(OCc1cccc(F)c1F)c1cccc(F)c1F. The number of ether oxygens (including phenoxy) is 1. The van der Waals surface area contributed by atoms with Gasteiger partial charge in [-0.3, -0.25) is 0 Å². The monoisotopic (exact) mass is 286 g/mol. The number of benzene rings is 2. The minimum absolute atomic E-state index is 0.138. The molecule has 0 aliphatic carbocycles. The van der Waals surface area contributed by atoms with Gasteiger partial charge in [0.25, 0.3) is 0 Å². The van der Waals surface area contributed by atoms with Crippen LogP contribution in [0.2, 0.25) is 0 Å². The predicted molar refractivity (Wildman–Crippen MR) is 62.5 cm³/mol. The van der Waals surface area contributed by atoms with Crippen molar-refractivity contribution in [3.05, 3.63) is 70.8 Å². The van der Waals surface area contributed by atoms with Gasteiger partial charge in [-0.1, -0.05) is 24.3 Å². The summed E-state index contributed by atoms with van der Waals surface area (Å²) in [5, 5.41) is 9.60. The van der Waals surface area contributed by atoms with Gasteiger partial charge in [-0.15, -0.1) is 0 Å². The second-order valence-corrected chi connectivity index (χ2v) is 4.02. The van der Waals surface area contributed by atoms with E-state index < -0.39 is 41.7 Å². The quantitative estimate of drug-likeness (QED) is 0.689. The molecule has 0 aromatic heterocycles. The van der Waals surface area contributed by atoms with Crippen molar-refractivity contribution in [3.8, 4) is 0 Å². The lowest BCUT2D eigenvalue weighted by molar-refractivity contribution is -0.114. The Morgan fingerprint density at radius 2 is 1.50 bits per heavy atom. The first-order valence-electron chi connectivity index (χ1n) is 5.67. The molecule has 0 aliphatic rings. The molecule has 2 rings (SSSR count). The summed E-state index contributed by atoms with van der Waals surface area (Å²) in [6, 6.07) is 6.67. The van der Waals surface area contributed by atoms with Crippen LogP contribution in [0.25, 0.3) is 0 Å². The molecule has 0 amide bonds. The fourth-order valence-electron chi connectivity index (χ4n) is 1.63. The Balaban J connectivity index is 2.11. The first-order valence-corrected chi connectivity index (χ1v) is 5.67. The third kappa shape index (κ3) is 2.97. The zero-order valence-corrected chi connectivity index (χ0v) is 10.1. The molecule has 6 heteroatoms. The lowest BCUT2D eigenvalue weighted by Crippen LogP contribution is -2.08. The van der Waals surface area contributed by atoms with Gasteiger partial charge < -0.3 is 9.84 Å². The number of halogens is 4. The largest absolute Gasteiger partial charge is 0.364 e. The summed E-state index contributed by atoms with van der Waals surface area (Å²) in [7, 11) is 0. The molecule has 0 aliphatic heterocycles.